The fourth-order valence-corrected chi connectivity index (χ4v) is 4.25. The van der Waals surface area contributed by atoms with Gasteiger partial charge in [0.05, 0.1) is 24.5 Å². The molecule has 3 heterocycles. The summed E-state index contributed by atoms with van der Waals surface area (Å²) in [6.45, 7) is 9.03. The van der Waals surface area contributed by atoms with E-state index in [1.54, 1.807) is 0 Å². The summed E-state index contributed by atoms with van der Waals surface area (Å²) in [6, 6.07) is 2.05. The van der Waals surface area contributed by atoms with Gasteiger partial charge in [0.15, 0.2) is 0 Å². The largest absolute Gasteiger partial charge is 0.418 e. The second-order valence-electron chi connectivity index (χ2n) is 8.33. The molecule has 5 nitrogen and oxygen atoms in total. The lowest BCUT2D eigenvalue weighted by Crippen LogP contribution is -2.50. The number of nitrogens with zero attached hydrogens (tertiary/aromatic N) is 4. The topological polar surface area (TPSA) is 43.2 Å². The van der Waals surface area contributed by atoms with Gasteiger partial charge in [-0.25, -0.2) is 4.98 Å². The number of hydrogen-bond donors (Lipinski definition) is 0. The van der Waals surface area contributed by atoms with Crippen molar-refractivity contribution in [1.82, 2.24) is 19.4 Å². The molecular weight excluding hydrogens is 381 g/mol. The molecule has 0 spiro atoms. The lowest BCUT2D eigenvalue weighted by molar-refractivity contribution is -0.138. The highest BCUT2D eigenvalue weighted by Crippen LogP contribution is 2.40. The molecule has 0 amide bonds. The molecule has 0 atom stereocenters. The summed E-state index contributed by atoms with van der Waals surface area (Å²) in [5, 5.41) is 0. The van der Waals surface area contributed by atoms with E-state index in [1.807, 2.05) is 6.20 Å². The molecule has 0 aromatic carbocycles. The van der Waals surface area contributed by atoms with Gasteiger partial charge in [-0.05, 0) is 25.8 Å². The zero-order valence-corrected chi connectivity index (χ0v) is 17.0. The van der Waals surface area contributed by atoms with E-state index >= 15 is 0 Å². The van der Waals surface area contributed by atoms with Gasteiger partial charge >= 0.3 is 6.18 Å². The van der Waals surface area contributed by atoms with Crippen molar-refractivity contribution in [2.75, 3.05) is 26.3 Å². The van der Waals surface area contributed by atoms with Crippen LogP contribution in [0.2, 0.25) is 0 Å². The van der Waals surface area contributed by atoms with Gasteiger partial charge in [-0.3, -0.25) is 9.88 Å². The first-order valence-electron chi connectivity index (χ1n) is 10.2. The summed E-state index contributed by atoms with van der Waals surface area (Å²) < 4.78 is 47.5. The van der Waals surface area contributed by atoms with Crippen LogP contribution in [-0.2, 0) is 10.9 Å². The fraction of sp³-hybridized carbons (Fsp3) is 0.619. The van der Waals surface area contributed by atoms with Crippen molar-refractivity contribution in [3.63, 3.8) is 0 Å². The highest BCUT2D eigenvalue weighted by molar-refractivity contribution is 5.59. The van der Waals surface area contributed by atoms with Crippen LogP contribution in [-0.4, -0.2) is 51.8 Å². The minimum atomic E-state index is -4.42. The van der Waals surface area contributed by atoms with Gasteiger partial charge in [0.25, 0.3) is 0 Å². The highest BCUT2D eigenvalue weighted by Gasteiger charge is 2.37. The van der Waals surface area contributed by atoms with E-state index in [0.29, 0.717) is 23.3 Å². The number of rotatable bonds is 4. The average Bonchev–Trinajstić information content (AvgIpc) is 3.06. The molecule has 1 aliphatic carbocycles. The Balaban J connectivity index is 1.58. The molecule has 2 aliphatic rings. The Hall–Kier alpha value is -1.93. The van der Waals surface area contributed by atoms with Crippen LogP contribution in [0.5, 0.6) is 0 Å². The Kier molecular flexibility index (Phi) is 5.42. The monoisotopic (exact) mass is 408 g/mol. The summed E-state index contributed by atoms with van der Waals surface area (Å²) in [7, 11) is 0. The van der Waals surface area contributed by atoms with Crippen LogP contribution >= 0.6 is 0 Å². The summed E-state index contributed by atoms with van der Waals surface area (Å²) in [6.07, 6.45) is 1.04. The summed E-state index contributed by atoms with van der Waals surface area (Å²) in [4.78, 5) is 11.1. The first kappa shape index (κ1) is 20.3. The average molecular weight is 408 g/mol. The van der Waals surface area contributed by atoms with E-state index in [2.05, 4.69) is 28.3 Å². The van der Waals surface area contributed by atoms with Crippen LogP contribution in [0.1, 0.15) is 55.7 Å². The van der Waals surface area contributed by atoms with E-state index in [1.165, 1.54) is 13.1 Å². The molecule has 0 radical (unpaired) electrons. The number of hydrogen-bond acceptors (Lipinski definition) is 4. The number of morpholine rings is 1. The zero-order chi connectivity index (χ0) is 20.8. The molecule has 2 aromatic heterocycles. The van der Waals surface area contributed by atoms with Crippen LogP contribution in [0.15, 0.2) is 18.5 Å². The Morgan fingerprint density at radius 1 is 1.14 bits per heavy atom. The molecule has 8 heteroatoms. The molecule has 0 bridgehead atoms. The molecule has 1 aliphatic heterocycles. The number of ether oxygens (including phenoxy) is 1. The third kappa shape index (κ3) is 4.05. The molecule has 29 heavy (non-hydrogen) atoms. The number of aromatic nitrogens is 3. The number of pyridine rings is 1. The number of halogens is 3. The first-order chi connectivity index (χ1) is 13.7. The van der Waals surface area contributed by atoms with Gasteiger partial charge in [-0.1, -0.05) is 13.8 Å². The zero-order valence-electron chi connectivity index (χ0n) is 17.0. The predicted octanol–water partition coefficient (Wildman–Crippen LogP) is 4.43. The maximum Gasteiger partial charge on any atom is 0.418 e. The van der Waals surface area contributed by atoms with E-state index in [-0.39, 0.29) is 11.6 Å². The molecule has 2 fully saturated rings. The van der Waals surface area contributed by atoms with E-state index < -0.39 is 11.7 Å². The molecule has 158 valence electrons. The SMILES string of the molecule is Cc1ncc(-c2cn([C@H]3C[C@@H](N4CCOCC4)C3)c(C(C)C)n2)cc1C(F)(F)F. The van der Waals surface area contributed by atoms with Gasteiger partial charge in [-0.15, -0.1) is 0 Å². The van der Waals surface area contributed by atoms with Crippen molar-refractivity contribution in [3.8, 4) is 11.3 Å². The van der Waals surface area contributed by atoms with Crippen molar-refractivity contribution >= 4 is 0 Å². The maximum absolute atomic E-state index is 13.3. The third-order valence-electron chi connectivity index (χ3n) is 6.01. The maximum atomic E-state index is 13.3. The van der Waals surface area contributed by atoms with Crippen LogP contribution in [0.3, 0.4) is 0 Å². The minimum Gasteiger partial charge on any atom is -0.379 e. The summed E-state index contributed by atoms with van der Waals surface area (Å²) in [5.74, 6) is 1.10. The number of alkyl halides is 3. The molecular formula is C21H27F3N4O. The van der Waals surface area contributed by atoms with Gasteiger partial charge in [-0.2, -0.15) is 13.2 Å². The van der Waals surface area contributed by atoms with Crippen molar-refractivity contribution < 1.29 is 17.9 Å². The Bertz CT molecular complexity index is 865. The summed E-state index contributed by atoms with van der Waals surface area (Å²) >= 11 is 0. The van der Waals surface area contributed by atoms with E-state index in [4.69, 9.17) is 9.72 Å². The van der Waals surface area contributed by atoms with Crippen LogP contribution in [0.25, 0.3) is 11.3 Å². The van der Waals surface area contributed by atoms with Crippen molar-refractivity contribution in [3.05, 3.63) is 35.5 Å². The lowest BCUT2D eigenvalue weighted by atomic mass is 9.84. The van der Waals surface area contributed by atoms with Gasteiger partial charge in [0.1, 0.15) is 5.82 Å². The van der Waals surface area contributed by atoms with Gasteiger partial charge in [0, 0.05) is 54.7 Å². The second-order valence-corrected chi connectivity index (χ2v) is 8.33. The van der Waals surface area contributed by atoms with Crippen molar-refractivity contribution in [2.24, 2.45) is 0 Å². The van der Waals surface area contributed by atoms with Crippen LogP contribution in [0, 0.1) is 6.92 Å². The van der Waals surface area contributed by atoms with Crippen molar-refractivity contribution in [2.45, 2.75) is 57.8 Å². The normalized spacial score (nSPS) is 23.4. The fourth-order valence-electron chi connectivity index (χ4n) is 4.25. The van der Waals surface area contributed by atoms with Crippen LogP contribution < -0.4 is 0 Å². The predicted molar refractivity (Wildman–Crippen MR) is 104 cm³/mol. The highest BCUT2D eigenvalue weighted by atomic mass is 19.4. The number of imidazole rings is 1. The first-order valence-corrected chi connectivity index (χ1v) is 10.2. The number of aryl methyl sites for hydroxylation is 1. The standard InChI is InChI=1S/C21H27F3N4O/c1-13(2)20-26-19(15-8-18(21(22,23)24)14(3)25-11-15)12-28(20)17-9-16(10-17)27-4-6-29-7-5-27/h8,11-13,16-17H,4-7,9-10H2,1-3H3/t16-,17+. The second kappa shape index (κ2) is 7.72. The van der Waals surface area contributed by atoms with Crippen molar-refractivity contribution in [1.29, 1.82) is 0 Å². The Morgan fingerprint density at radius 2 is 1.83 bits per heavy atom. The van der Waals surface area contributed by atoms with E-state index in [0.717, 1.165) is 51.0 Å². The quantitative estimate of drug-likeness (QED) is 0.751. The smallest absolute Gasteiger partial charge is 0.379 e. The molecule has 0 unspecified atom stereocenters. The molecule has 1 saturated carbocycles. The Labute approximate surface area is 168 Å². The van der Waals surface area contributed by atoms with Gasteiger partial charge < -0.3 is 9.30 Å². The molecule has 0 N–H and O–H groups in total. The van der Waals surface area contributed by atoms with E-state index in [9.17, 15) is 13.2 Å². The minimum absolute atomic E-state index is 0.0166. The van der Waals surface area contributed by atoms with Crippen LogP contribution in [0.4, 0.5) is 13.2 Å². The molecule has 1 saturated heterocycles. The molecule has 2 aromatic rings. The molecule has 4 rings (SSSR count). The van der Waals surface area contributed by atoms with Gasteiger partial charge in [0.2, 0.25) is 0 Å². The summed E-state index contributed by atoms with van der Waals surface area (Å²) in [5.41, 5.74) is 0.248. The third-order valence-corrected chi connectivity index (χ3v) is 6.01. The Morgan fingerprint density at radius 3 is 2.45 bits per heavy atom. The lowest BCUT2D eigenvalue weighted by Gasteiger charge is -2.45.